The van der Waals surface area contributed by atoms with Gasteiger partial charge in [0.05, 0.1) is 5.02 Å². The Morgan fingerprint density at radius 2 is 1.90 bits per heavy atom. The number of halogens is 1. The van der Waals surface area contributed by atoms with Crippen molar-refractivity contribution in [3.63, 3.8) is 0 Å². The summed E-state index contributed by atoms with van der Waals surface area (Å²) in [7, 11) is 0. The highest BCUT2D eigenvalue weighted by Gasteiger charge is 2.10. The fourth-order valence-electron chi connectivity index (χ4n) is 2.01. The van der Waals surface area contributed by atoms with Crippen LogP contribution in [0.2, 0.25) is 5.02 Å². The molecule has 3 heteroatoms. The summed E-state index contributed by atoms with van der Waals surface area (Å²) < 4.78 is 5.95. The smallest absolute Gasteiger partial charge is 0.146 e. The molecule has 0 saturated heterocycles. The van der Waals surface area contributed by atoms with Crippen molar-refractivity contribution in [3.8, 4) is 11.5 Å². The van der Waals surface area contributed by atoms with Crippen molar-refractivity contribution in [2.45, 2.75) is 32.7 Å². The molecule has 2 nitrogen and oxygen atoms in total. The van der Waals surface area contributed by atoms with E-state index in [1.54, 1.807) is 0 Å². The van der Waals surface area contributed by atoms with Gasteiger partial charge in [-0.3, -0.25) is 0 Å². The van der Waals surface area contributed by atoms with Crippen LogP contribution in [-0.4, -0.2) is 6.04 Å². The number of benzene rings is 2. The van der Waals surface area contributed by atoms with Crippen LogP contribution in [0.3, 0.4) is 0 Å². The van der Waals surface area contributed by atoms with Crippen LogP contribution in [-0.2, 0) is 6.42 Å². The molecular formula is C17H20ClNO. The van der Waals surface area contributed by atoms with Gasteiger partial charge in [0.25, 0.3) is 0 Å². The van der Waals surface area contributed by atoms with E-state index in [0.29, 0.717) is 10.8 Å². The summed E-state index contributed by atoms with van der Waals surface area (Å²) >= 11 is 6.22. The fourth-order valence-corrected chi connectivity index (χ4v) is 2.28. The predicted octanol–water partition coefficient (Wildman–Crippen LogP) is 4.72. The minimum atomic E-state index is 0.147. The summed E-state index contributed by atoms with van der Waals surface area (Å²) in [5.41, 5.74) is 8.26. The lowest BCUT2D eigenvalue weighted by Gasteiger charge is -2.15. The normalized spacial score (nSPS) is 12.2. The van der Waals surface area contributed by atoms with Crippen LogP contribution >= 0.6 is 11.6 Å². The lowest BCUT2D eigenvalue weighted by atomic mass is 10.0. The third-order valence-electron chi connectivity index (χ3n) is 3.29. The number of nitrogens with two attached hydrogens (primary N) is 1. The zero-order valence-electron chi connectivity index (χ0n) is 11.9. The molecule has 0 fully saturated rings. The molecule has 0 saturated carbocycles. The van der Waals surface area contributed by atoms with Gasteiger partial charge < -0.3 is 10.5 Å². The molecule has 0 bridgehead atoms. The van der Waals surface area contributed by atoms with Crippen LogP contribution in [0.4, 0.5) is 0 Å². The van der Waals surface area contributed by atoms with Gasteiger partial charge in [-0.1, -0.05) is 42.8 Å². The van der Waals surface area contributed by atoms with E-state index in [-0.39, 0.29) is 6.04 Å². The van der Waals surface area contributed by atoms with Gasteiger partial charge in [0.1, 0.15) is 11.5 Å². The summed E-state index contributed by atoms with van der Waals surface area (Å²) in [6.07, 6.45) is 1.75. The Kier molecular flexibility index (Phi) is 5.05. The fraction of sp³-hybridized carbons (Fsp3) is 0.294. The van der Waals surface area contributed by atoms with E-state index in [1.165, 1.54) is 0 Å². The zero-order valence-corrected chi connectivity index (χ0v) is 12.7. The van der Waals surface area contributed by atoms with E-state index in [9.17, 15) is 0 Å². The molecular weight excluding hydrogens is 270 g/mol. The van der Waals surface area contributed by atoms with E-state index in [4.69, 9.17) is 22.1 Å². The summed E-state index contributed by atoms with van der Waals surface area (Å²) in [6.45, 7) is 4.09. The third kappa shape index (κ3) is 3.75. The van der Waals surface area contributed by atoms with Crippen LogP contribution in [0.1, 0.15) is 24.5 Å². The molecule has 0 aliphatic rings. The maximum Gasteiger partial charge on any atom is 0.146 e. The number of rotatable bonds is 5. The Morgan fingerprint density at radius 1 is 1.15 bits per heavy atom. The quantitative estimate of drug-likeness (QED) is 0.864. The Bertz CT molecular complexity index is 583. The molecule has 0 aliphatic carbocycles. The van der Waals surface area contributed by atoms with Crippen molar-refractivity contribution < 1.29 is 4.74 Å². The second-order valence-corrected chi connectivity index (χ2v) is 5.42. The van der Waals surface area contributed by atoms with E-state index >= 15 is 0 Å². The first-order chi connectivity index (χ1) is 9.60. The summed E-state index contributed by atoms with van der Waals surface area (Å²) in [5.74, 6) is 1.50. The molecule has 2 N–H and O–H groups in total. The molecule has 0 heterocycles. The number of aryl methyl sites for hydroxylation is 1. The monoisotopic (exact) mass is 289 g/mol. The molecule has 1 atom stereocenters. The number of para-hydroxylation sites is 1. The summed E-state index contributed by atoms with van der Waals surface area (Å²) in [4.78, 5) is 0. The topological polar surface area (TPSA) is 35.2 Å². The zero-order chi connectivity index (χ0) is 14.5. The van der Waals surface area contributed by atoms with E-state index < -0.39 is 0 Å². The van der Waals surface area contributed by atoms with Crippen molar-refractivity contribution in [2.24, 2.45) is 5.73 Å². The van der Waals surface area contributed by atoms with E-state index in [0.717, 1.165) is 29.7 Å². The number of hydrogen-bond donors (Lipinski definition) is 1. The molecule has 0 radical (unpaired) electrons. The first-order valence-corrected chi connectivity index (χ1v) is 7.25. The van der Waals surface area contributed by atoms with E-state index in [1.807, 2.05) is 49.4 Å². The van der Waals surface area contributed by atoms with Crippen molar-refractivity contribution >= 4 is 11.6 Å². The van der Waals surface area contributed by atoms with Crippen LogP contribution in [0, 0.1) is 6.92 Å². The predicted molar refractivity (Wildman–Crippen MR) is 84.7 cm³/mol. The SMILES string of the molecule is CCC(N)Cc1ccccc1Oc1ccc(C)cc1Cl. The maximum atomic E-state index is 6.22. The Hall–Kier alpha value is -1.51. The van der Waals surface area contributed by atoms with Gasteiger partial charge in [-0.25, -0.2) is 0 Å². The summed E-state index contributed by atoms with van der Waals surface area (Å²) in [5, 5.41) is 0.625. The lowest BCUT2D eigenvalue weighted by Crippen LogP contribution is -2.21. The molecule has 1 unspecified atom stereocenters. The maximum absolute atomic E-state index is 6.22. The van der Waals surface area contributed by atoms with Gasteiger partial charge in [-0.15, -0.1) is 0 Å². The highest BCUT2D eigenvalue weighted by molar-refractivity contribution is 6.32. The van der Waals surface area contributed by atoms with Crippen molar-refractivity contribution in [2.75, 3.05) is 0 Å². The number of hydrogen-bond acceptors (Lipinski definition) is 2. The average molecular weight is 290 g/mol. The Balaban J connectivity index is 2.24. The molecule has 2 aromatic carbocycles. The first-order valence-electron chi connectivity index (χ1n) is 6.87. The standard InChI is InChI=1S/C17H20ClNO/c1-3-14(19)11-13-6-4-5-7-16(13)20-17-9-8-12(2)10-15(17)18/h4-10,14H,3,11,19H2,1-2H3. The molecule has 0 amide bonds. The molecule has 2 rings (SSSR count). The molecule has 2 aromatic rings. The van der Waals surface area contributed by atoms with Crippen LogP contribution in [0.5, 0.6) is 11.5 Å². The van der Waals surface area contributed by atoms with Crippen LogP contribution in [0.15, 0.2) is 42.5 Å². The van der Waals surface area contributed by atoms with Gasteiger partial charge in [0, 0.05) is 6.04 Å². The molecule has 20 heavy (non-hydrogen) atoms. The van der Waals surface area contributed by atoms with Crippen LogP contribution in [0.25, 0.3) is 0 Å². The highest BCUT2D eigenvalue weighted by atomic mass is 35.5. The van der Waals surface area contributed by atoms with E-state index in [2.05, 4.69) is 6.92 Å². The van der Waals surface area contributed by atoms with Gasteiger partial charge in [-0.05, 0) is 49.1 Å². The lowest BCUT2D eigenvalue weighted by molar-refractivity contribution is 0.472. The van der Waals surface area contributed by atoms with Crippen molar-refractivity contribution in [1.29, 1.82) is 0 Å². The van der Waals surface area contributed by atoms with Gasteiger partial charge in [-0.2, -0.15) is 0 Å². The van der Waals surface area contributed by atoms with Crippen LogP contribution < -0.4 is 10.5 Å². The van der Waals surface area contributed by atoms with Gasteiger partial charge >= 0.3 is 0 Å². The third-order valence-corrected chi connectivity index (χ3v) is 3.58. The molecule has 0 aromatic heterocycles. The van der Waals surface area contributed by atoms with Crippen molar-refractivity contribution in [3.05, 3.63) is 58.6 Å². The van der Waals surface area contributed by atoms with Gasteiger partial charge in [0.15, 0.2) is 0 Å². The Labute approximate surface area is 125 Å². The van der Waals surface area contributed by atoms with Gasteiger partial charge in [0.2, 0.25) is 0 Å². The molecule has 0 spiro atoms. The summed E-state index contributed by atoms with van der Waals surface area (Å²) in [6, 6.07) is 13.9. The first kappa shape index (κ1) is 14.9. The average Bonchev–Trinajstić information content (AvgIpc) is 2.43. The Morgan fingerprint density at radius 3 is 2.60 bits per heavy atom. The number of ether oxygens (including phenoxy) is 1. The second-order valence-electron chi connectivity index (χ2n) is 5.02. The second kappa shape index (κ2) is 6.78. The minimum absolute atomic E-state index is 0.147. The molecule has 0 aliphatic heterocycles. The minimum Gasteiger partial charge on any atom is -0.456 e. The highest BCUT2D eigenvalue weighted by Crippen LogP contribution is 2.32. The molecule has 106 valence electrons. The van der Waals surface area contributed by atoms with Crippen molar-refractivity contribution in [1.82, 2.24) is 0 Å². The largest absolute Gasteiger partial charge is 0.456 e.